The molecule has 0 amide bonds. The standard InChI is InChI=1S/C17H11FN2O4/c18-11-6-8-15(20(23)24)12(9-11)16(17(21)22)14-7-5-10-3-1-2-4-13(10)19-14/h1-9,19H,(H,21,22). The van der Waals surface area contributed by atoms with Crippen LogP contribution < -0.4 is 5.32 Å². The lowest BCUT2D eigenvalue weighted by atomic mass is 9.98. The number of carbonyl (C=O) groups is 1. The minimum atomic E-state index is -1.39. The highest BCUT2D eigenvalue weighted by molar-refractivity contribution is 6.19. The van der Waals surface area contributed by atoms with E-state index < -0.39 is 22.4 Å². The number of nitrogens with zero attached hydrogens (tertiary/aromatic N) is 1. The number of carboxylic acids is 1. The molecule has 6 nitrogen and oxygen atoms in total. The number of nitrogens with one attached hydrogen (secondary N) is 1. The van der Waals surface area contributed by atoms with Crippen LogP contribution in [-0.4, -0.2) is 16.0 Å². The number of nitro groups is 1. The van der Waals surface area contributed by atoms with E-state index in [0.717, 1.165) is 23.8 Å². The van der Waals surface area contributed by atoms with Crippen molar-refractivity contribution >= 4 is 29.0 Å². The van der Waals surface area contributed by atoms with Crippen molar-refractivity contribution in [3.05, 3.63) is 81.3 Å². The van der Waals surface area contributed by atoms with Crippen molar-refractivity contribution in [2.45, 2.75) is 0 Å². The summed E-state index contributed by atoms with van der Waals surface area (Å²) in [6.45, 7) is 0. The van der Waals surface area contributed by atoms with Gasteiger partial charge in [-0.15, -0.1) is 0 Å². The summed E-state index contributed by atoms with van der Waals surface area (Å²) in [6, 6.07) is 9.91. The summed E-state index contributed by atoms with van der Waals surface area (Å²) in [7, 11) is 0. The van der Waals surface area contributed by atoms with Gasteiger partial charge in [-0.25, -0.2) is 9.18 Å². The molecule has 0 fully saturated rings. The van der Waals surface area contributed by atoms with Crippen LogP contribution in [0.15, 0.2) is 54.2 Å². The van der Waals surface area contributed by atoms with Crippen molar-refractivity contribution in [2.24, 2.45) is 0 Å². The van der Waals surface area contributed by atoms with Gasteiger partial charge < -0.3 is 10.4 Å². The molecule has 0 bridgehead atoms. The molecule has 0 aromatic heterocycles. The summed E-state index contributed by atoms with van der Waals surface area (Å²) in [4.78, 5) is 22.2. The number of aliphatic carboxylic acids is 1. The fourth-order valence-electron chi connectivity index (χ4n) is 2.51. The third kappa shape index (κ3) is 2.74. The molecule has 0 radical (unpaired) electrons. The third-order valence-electron chi connectivity index (χ3n) is 3.57. The first-order valence-corrected chi connectivity index (χ1v) is 6.93. The SMILES string of the molecule is O=C(O)C(=C1C=Cc2ccccc2N1)c1cc(F)ccc1[N+](=O)[O-]. The molecule has 24 heavy (non-hydrogen) atoms. The second kappa shape index (κ2) is 5.96. The van der Waals surface area contributed by atoms with E-state index in [1.165, 1.54) is 6.08 Å². The predicted octanol–water partition coefficient (Wildman–Crippen LogP) is 3.67. The van der Waals surface area contributed by atoms with Gasteiger partial charge in [0.05, 0.1) is 21.8 Å². The van der Waals surface area contributed by atoms with Crippen molar-refractivity contribution in [2.75, 3.05) is 5.32 Å². The molecule has 2 aromatic carbocycles. The molecule has 0 aliphatic carbocycles. The quantitative estimate of drug-likeness (QED) is 0.510. The van der Waals surface area contributed by atoms with Crippen LogP contribution in [-0.2, 0) is 4.79 Å². The topological polar surface area (TPSA) is 92.5 Å². The van der Waals surface area contributed by atoms with Crippen LogP contribution >= 0.6 is 0 Å². The van der Waals surface area contributed by atoms with Gasteiger partial charge in [0.2, 0.25) is 0 Å². The molecule has 1 heterocycles. The molecule has 2 aromatic rings. The van der Waals surface area contributed by atoms with Crippen molar-refractivity contribution in [1.82, 2.24) is 0 Å². The summed E-state index contributed by atoms with van der Waals surface area (Å²) < 4.78 is 13.6. The van der Waals surface area contributed by atoms with E-state index in [0.29, 0.717) is 5.69 Å². The summed E-state index contributed by atoms with van der Waals surface area (Å²) in [5.74, 6) is -2.15. The molecular formula is C17H11FN2O4. The zero-order chi connectivity index (χ0) is 17.3. The first-order chi connectivity index (χ1) is 11.5. The van der Waals surface area contributed by atoms with E-state index in [1.54, 1.807) is 18.2 Å². The van der Waals surface area contributed by atoms with Gasteiger partial charge in [-0.2, -0.15) is 0 Å². The zero-order valence-corrected chi connectivity index (χ0v) is 12.2. The second-order valence-corrected chi connectivity index (χ2v) is 5.06. The number of halogens is 1. The maximum Gasteiger partial charge on any atom is 0.338 e. The number of para-hydroxylation sites is 1. The highest BCUT2D eigenvalue weighted by atomic mass is 19.1. The summed E-state index contributed by atoms with van der Waals surface area (Å²) in [5.41, 5.74) is 0.517. The molecule has 0 unspecified atom stereocenters. The number of hydrogen-bond acceptors (Lipinski definition) is 4. The smallest absolute Gasteiger partial charge is 0.338 e. The Hall–Kier alpha value is -3.48. The lowest BCUT2D eigenvalue weighted by Gasteiger charge is -2.18. The van der Waals surface area contributed by atoms with Gasteiger partial charge in [-0.1, -0.05) is 24.3 Å². The zero-order valence-electron chi connectivity index (χ0n) is 12.2. The maximum atomic E-state index is 13.6. The Morgan fingerprint density at radius 1 is 1.17 bits per heavy atom. The first kappa shape index (κ1) is 15.4. The Morgan fingerprint density at radius 3 is 2.62 bits per heavy atom. The van der Waals surface area contributed by atoms with Crippen molar-refractivity contribution < 1.29 is 19.2 Å². The van der Waals surface area contributed by atoms with Gasteiger partial charge >= 0.3 is 5.97 Å². The highest BCUT2D eigenvalue weighted by Gasteiger charge is 2.26. The second-order valence-electron chi connectivity index (χ2n) is 5.06. The number of rotatable bonds is 3. The predicted molar refractivity (Wildman–Crippen MR) is 86.7 cm³/mol. The summed E-state index contributed by atoms with van der Waals surface area (Å²) in [6.07, 6.45) is 3.19. The number of benzene rings is 2. The Labute approximate surface area is 135 Å². The Kier molecular flexibility index (Phi) is 3.83. The van der Waals surface area contributed by atoms with E-state index in [1.807, 2.05) is 12.1 Å². The van der Waals surface area contributed by atoms with E-state index in [4.69, 9.17) is 0 Å². The molecule has 0 saturated carbocycles. The Morgan fingerprint density at radius 2 is 1.92 bits per heavy atom. The third-order valence-corrected chi connectivity index (χ3v) is 3.57. The molecule has 2 N–H and O–H groups in total. The van der Waals surface area contributed by atoms with Crippen molar-refractivity contribution in [3.8, 4) is 0 Å². The number of allylic oxidation sites excluding steroid dienone is 1. The molecule has 0 spiro atoms. The Bertz CT molecular complexity index is 919. The number of nitro benzene ring substituents is 1. The van der Waals surface area contributed by atoms with Gasteiger partial charge in [0.25, 0.3) is 5.69 Å². The minimum Gasteiger partial charge on any atom is -0.478 e. The van der Waals surface area contributed by atoms with Gasteiger partial charge in [0, 0.05) is 11.8 Å². The number of carboxylic acid groups (broad SMARTS) is 1. The fraction of sp³-hybridized carbons (Fsp3) is 0. The van der Waals surface area contributed by atoms with Crippen molar-refractivity contribution in [3.63, 3.8) is 0 Å². The molecule has 0 saturated heterocycles. The van der Waals surface area contributed by atoms with Crippen LogP contribution in [0.2, 0.25) is 0 Å². The number of fused-ring (bicyclic) bond motifs is 1. The molecule has 1 aliphatic rings. The van der Waals surface area contributed by atoms with Crippen LogP contribution in [0.5, 0.6) is 0 Å². The summed E-state index contributed by atoms with van der Waals surface area (Å²) in [5, 5.41) is 23.6. The normalized spacial score (nSPS) is 14.5. The summed E-state index contributed by atoms with van der Waals surface area (Å²) >= 11 is 0. The molecule has 0 atom stereocenters. The first-order valence-electron chi connectivity index (χ1n) is 6.93. The van der Waals surface area contributed by atoms with E-state index >= 15 is 0 Å². The lowest BCUT2D eigenvalue weighted by Crippen LogP contribution is -2.12. The molecule has 120 valence electrons. The Balaban J connectivity index is 2.22. The average molecular weight is 326 g/mol. The molecule has 1 aliphatic heterocycles. The van der Waals surface area contributed by atoms with Crippen LogP contribution in [0.4, 0.5) is 15.8 Å². The number of anilines is 1. The van der Waals surface area contributed by atoms with Gasteiger partial charge in [0.15, 0.2) is 0 Å². The van der Waals surface area contributed by atoms with Gasteiger partial charge in [-0.05, 0) is 29.8 Å². The van der Waals surface area contributed by atoms with Crippen LogP contribution in [0.25, 0.3) is 11.6 Å². The van der Waals surface area contributed by atoms with E-state index in [2.05, 4.69) is 5.32 Å². The van der Waals surface area contributed by atoms with Crippen LogP contribution in [0.1, 0.15) is 11.1 Å². The lowest BCUT2D eigenvalue weighted by molar-refractivity contribution is -0.385. The number of hydrogen-bond donors (Lipinski definition) is 2. The van der Waals surface area contributed by atoms with Crippen LogP contribution in [0.3, 0.4) is 0 Å². The van der Waals surface area contributed by atoms with E-state index in [9.17, 15) is 24.4 Å². The van der Waals surface area contributed by atoms with Gasteiger partial charge in [-0.3, -0.25) is 10.1 Å². The van der Waals surface area contributed by atoms with Crippen molar-refractivity contribution in [1.29, 1.82) is 0 Å². The van der Waals surface area contributed by atoms with E-state index in [-0.39, 0.29) is 16.8 Å². The minimum absolute atomic E-state index is 0.148. The largest absolute Gasteiger partial charge is 0.478 e. The fourth-order valence-corrected chi connectivity index (χ4v) is 2.51. The monoisotopic (exact) mass is 326 g/mol. The maximum absolute atomic E-state index is 13.6. The average Bonchev–Trinajstić information content (AvgIpc) is 2.54. The highest BCUT2D eigenvalue weighted by Crippen LogP contribution is 2.33. The van der Waals surface area contributed by atoms with Gasteiger partial charge in [0.1, 0.15) is 5.82 Å². The molecule has 7 heteroatoms. The molecule has 3 rings (SSSR count). The van der Waals surface area contributed by atoms with Crippen LogP contribution in [0, 0.1) is 15.9 Å². The molecular weight excluding hydrogens is 315 g/mol.